The summed E-state index contributed by atoms with van der Waals surface area (Å²) < 4.78 is 30.4. The number of imidazole rings is 1. The Bertz CT molecular complexity index is 1080. The van der Waals surface area contributed by atoms with E-state index >= 15 is 0 Å². The Kier molecular flexibility index (Phi) is 3.61. The Morgan fingerprint density at radius 3 is 2.58 bits per heavy atom. The number of carboxylic acid groups (broad SMARTS) is 1. The van der Waals surface area contributed by atoms with E-state index in [1.165, 1.54) is 25.6 Å². The van der Waals surface area contributed by atoms with Crippen molar-refractivity contribution in [3.8, 4) is 0 Å². The maximum atomic E-state index is 13.1. The van der Waals surface area contributed by atoms with Crippen LogP contribution in [0.25, 0.3) is 11.0 Å². The van der Waals surface area contributed by atoms with E-state index in [4.69, 9.17) is 0 Å². The molecule has 1 aromatic carbocycles. The van der Waals surface area contributed by atoms with Crippen molar-refractivity contribution in [3.63, 3.8) is 0 Å². The van der Waals surface area contributed by atoms with E-state index in [0.29, 0.717) is 17.5 Å². The number of aryl methyl sites for hydroxylation is 2. The molecule has 0 amide bonds. The predicted molar refractivity (Wildman–Crippen MR) is 94.3 cm³/mol. The maximum Gasteiger partial charge on any atom is 0.328 e. The first kappa shape index (κ1) is 17.3. The van der Waals surface area contributed by atoms with Gasteiger partial charge in [0.2, 0.25) is 10.0 Å². The molecule has 1 aromatic heterocycles. The molecule has 2 aromatic rings. The van der Waals surface area contributed by atoms with Gasteiger partial charge in [0.15, 0.2) is 0 Å². The lowest BCUT2D eigenvalue weighted by Crippen LogP contribution is -2.37. The number of hydrogen-bond acceptors (Lipinski definition) is 4. The van der Waals surface area contributed by atoms with Crippen LogP contribution in [0.3, 0.4) is 0 Å². The zero-order chi connectivity index (χ0) is 18.9. The highest BCUT2D eigenvalue weighted by atomic mass is 32.2. The lowest BCUT2D eigenvalue weighted by atomic mass is 9.81. The van der Waals surface area contributed by atoms with E-state index in [0.717, 1.165) is 12.8 Å². The minimum atomic E-state index is -3.82. The van der Waals surface area contributed by atoms with Gasteiger partial charge < -0.3 is 5.11 Å². The number of rotatable bonds is 3. The second kappa shape index (κ2) is 5.43. The molecule has 1 N–H and O–H groups in total. The molecular formula is C17H21N3O5S. The summed E-state index contributed by atoms with van der Waals surface area (Å²) in [6.07, 6.45) is 2.08. The van der Waals surface area contributed by atoms with Crippen molar-refractivity contribution in [1.29, 1.82) is 0 Å². The van der Waals surface area contributed by atoms with Gasteiger partial charge in [0, 0.05) is 27.2 Å². The average molecular weight is 379 g/mol. The van der Waals surface area contributed by atoms with Gasteiger partial charge in [-0.3, -0.25) is 13.9 Å². The van der Waals surface area contributed by atoms with Crippen molar-refractivity contribution < 1.29 is 18.3 Å². The molecule has 4 rings (SSSR count). The normalized spacial score (nSPS) is 26.5. The van der Waals surface area contributed by atoms with E-state index in [1.807, 2.05) is 0 Å². The van der Waals surface area contributed by atoms with E-state index in [1.54, 1.807) is 20.2 Å². The summed E-state index contributed by atoms with van der Waals surface area (Å²) in [6.45, 7) is 0.251. The van der Waals surface area contributed by atoms with Gasteiger partial charge in [-0.25, -0.2) is 13.2 Å². The number of nitrogens with zero attached hydrogens (tertiary/aromatic N) is 3. The van der Waals surface area contributed by atoms with Crippen LogP contribution in [0.4, 0.5) is 0 Å². The number of aliphatic carboxylic acids is 1. The van der Waals surface area contributed by atoms with Crippen molar-refractivity contribution in [1.82, 2.24) is 13.4 Å². The summed E-state index contributed by atoms with van der Waals surface area (Å²) in [4.78, 5) is 24.0. The Morgan fingerprint density at radius 1 is 1.23 bits per heavy atom. The zero-order valence-corrected chi connectivity index (χ0v) is 15.5. The molecule has 0 bridgehead atoms. The molecule has 26 heavy (non-hydrogen) atoms. The molecule has 1 aliphatic carbocycles. The van der Waals surface area contributed by atoms with Crippen molar-refractivity contribution in [2.24, 2.45) is 25.4 Å². The minimum absolute atomic E-state index is 0.0150. The van der Waals surface area contributed by atoms with Crippen LogP contribution in [0.5, 0.6) is 0 Å². The molecule has 2 fully saturated rings. The molecule has 1 saturated heterocycles. The van der Waals surface area contributed by atoms with Gasteiger partial charge in [0.05, 0.1) is 21.3 Å². The van der Waals surface area contributed by atoms with Crippen LogP contribution in [0.2, 0.25) is 0 Å². The standard InChI is InChI=1S/C17H21N3O5S/c1-18-13-6-5-12(8-14(13)19(2)16(18)23)26(24,25)20-9-11-4-3-7-17(11,10-20)15(21)22/h5-6,8,11H,3-4,7,9-10H2,1-2H3,(H,21,22)/t11-,17+/m0/s1. The molecule has 9 heteroatoms. The quantitative estimate of drug-likeness (QED) is 0.848. The third-order valence-corrected chi connectivity index (χ3v) is 7.95. The minimum Gasteiger partial charge on any atom is -0.481 e. The van der Waals surface area contributed by atoms with Gasteiger partial charge in [-0.05, 0) is 37.0 Å². The van der Waals surface area contributed by atoms with Crippen molar-refractivity contribution in [3.05, 3.63) is 28.7 Å². The van der Waals surface area contributed by atoms with Gasteiger partial charge in [-0.2, -0.15) is 4.31 Å². The SMILES string of the molecule is Cn1c(=O)n(C)c2cc(S(=O)(=O)N3C[C@@H]4CCC[C@@]4(C(=O)O)C3)ccc21. The van der Waals surface area contributed by atoms with E-state index in [9.17, 15) is 23.1 Å². The molecule has 140 valence electrons. The van der Waals surface area contributed by atoms with Crippen LogP contribution in [-0.4, -0.2) is 46.0 Å². The Labute approximate surface area is 150 Å². The molecular weight excluding hydrogens is 358 g/mol. The number of hydrogen-bond donors (Lipinski definition) is 1. The van der Waals surface area contributed by atoms with Gasteiger partial charge in [0.25, 0.3) is 0 Å². The van der Waals surface area contributed by atoms with Crippen molar-refractivity contribution >= 4 is 27.0 Å². The van der Waals surface area contributed by atoms with Gasteiger partial charge in [-0.1, -0.05) is 6.42 Å². The Morgan fingerprint density at radius 2 is 1.92 bits per heavy atom. The molecule has 1 aliphatic heterocycles. The lowest BCUT2D eigenvalue weighted by Gasteiger charge is -2.23. The van der Waals surface area contributed by atoms with E-state index in [-0.39, 0.29) is 29.6 Å². The summed E-state index contributed by atoms with van der Waals surface area (Å²) in [5.41, 5.74) is -0.00529. The number of carbonyl (C=O) groups is 1. The molecule has 2 heterocycles. The lowest BCUT2D eigenvalue weighted by molar-refractivity contribution is -0.149. The second-order valence-electron chi connectivity index (χ2n) is 7.40. The van der Waals surface area contributed by atoms with Crippen LogP contribution in [-0.2, 0) is 28.9 Å². The van der Waals surface area contributed by atoms with Crippen LogP contribution in [0.1, 0.15) is 19.3 Å². The molecule has 0 unspecified atom stereocenters. The Hall–Kier alpha value is -2.13. The highest BCUT2D eigenvalue weighted by Crippen LogP contribution is 2.50. The monoisotopic (exact) mass is 379 g/mol. The number of fused-ring (bicyclic) bond motifs is 2. The molecule has 2 aliphatic rings. The van der Waals surface area contributed by atoms with Crippen LogP contribution in [0.15, 0.2) is 27.9 Å². The van der Waals surface area contributed by atoms with E-state index in [2.05, 4.69) is 0 Å². The fraction of sp³-hybridized carbons (Fsp3) is 0.529. The summed E-state index contributed by atoms with van der Waals surface area (Å²) >= 11 is 0. The first-order chi connectivity index (χ1) is 12.2. The van der Waals surface area contributed by atoms with Crippen molar-refractivity contribution in [2.75, 3.05) is 13.1 Å². The number of carboxylic acids is 1. The highest BCUT2D eigenvalue weighted by Gasteiger charge is 2.57. The summed E-state index contributed by atoms with van der Waals surface area (Å²) in [5, 5.41) is 9.68. The zero-order valence-electron chi connectivity index (χ0n) is 14.7. The van der Waals surface area contributed by atoms with Crippen LogP contribution in [0, 0.1) is 11.3 Å². The third-order valence-electron chi connectivity index (χ3n) is 6.15. The molecule has 2 atom stereocenters. The highest BCUT2D eigenvalue weighted by molar-refractivity contribution is 7.89. The summed E-state index contributed by atoms with van der Waals surface area (Å²) in [7, 11) is -0.585. The molecule has 0 radical (unpaired) electrons. The number of benzene rings is 1. The smallest absolute Gasteiger partial charge is 0.328 e. The Balaban J connectivity index is 1.76. The largest absolute Gasteiger partial charge is 0.481 e. The summed E-state index contributed by atoms with van der Waals surface area (Å²) in [6, 6.07) is 4.60. The molecule has 8 nitrogen and oxygen atoms in total. The van der Waals surface area contributed by atoms with Crippen LogP contribution >= 0.6 is 0 Å². The number of sulfonamides is 1. The topological polar surface area (TPSA) is 102 Å². The number of aromatic nitrogens is 2. The van der Waals surface area contributed by atoms with Gasteiger partial charge >= 0.3 is 11.7 Å². The molecule has 1 saturated carbocycles. The summed E-state index contributed by atoms with van der Waals surface area (Å²) in [5.74, 6) is -1.04. The third kappa shape index (κ3) is 2.13. The predicted octanol–water partition coefficient (Wildman–Crippen LogP) is 0.752. The maximum absolute atomic E-state index is 13.1. The average Bonchev–Trinajstić information content (AvgIpc) is 3.23. The first-order valence-corrected chi connectivity index (χ1v) is 10.0. The fourth-order valence-electron chi connectivity index (χ4n) is 4.57. The second-order valence-corrected chi connectivity index (χ2v) is 9.34. The van der Waals surface area contributed by atoms with Crippen molar-refractivity contribution in [2.45, 2.75) is 24.2 Å². The van der Waals surface area contributed by atoms with Crippen LogP contribution < -0.4 is 5.69 Å². The first-order valence-electron chi connectivity index (χ1n) is 8.57. The van der Waals surface area contributed by atoms with Gasteiger partial charge in [-0.15, -0.1) is 0 Å². The fourth-order valence-corrected chi connectivity index (χ4v) is 6.15. The van der Waals surface area contributed by atoms with Gasteiger partial charge in [0.1, 0.15) is 0 Å². The van der Waals surface area contributed by atoms with E-state index < -0.39 is 21.4 Å². The molecule has 0 spiro atoms.